The molecule has 1 atom stereocenters. The van der Waals surface area contributed by atoms with Crippen LogP contribution in [0.25, 0.3) is 0 Å². The fraction of sp³-hybridized carbons (Fsp3) is 0.444. The minimum atomic E-state index is -0.457. The number of aromatic nitrogens is 2. The van der Waals surface area contributed by atoms with E-state index in [9.17, 15) is 5.26 Å². The van der Waals surface area contributed by atoms with Crippen molar-refractivity contribution in [2.24, 2.45) is 0 Å². The molecule has 0 spiro atoms. The van der Waals surface area contributed by atoms with Gasteiger partial charge in [-0.05, 0) is 34.5 Å². The van der Waals surface area contributed by atoms with Crippen LogP contribution in [0.1, 0.15) is 18.5 Å². The van der Waals surface area contributed by atoms with E-state index in [0.717, 1.165) is 28.8 Å². The highest BCUT2D eigenvalue weighted by molar-refractivity contribution is 9.10. The van der Waals surface area contributed by atoms with E-state index in [1.165, 1.54) is 6.33 Å². The molecule has 1 saturated heterocycles. The van der Waals surface area contributed by atoms with Crippen LogP contribution < -0.4 is 0 Å². The van der Waals surface area contributed by atoms with Crippen molar-refractivity contribution in [2.45, 2.75) is 17.6 Å². The number of halogens is 1. The number of nitrogens with zero attached hydrogens (tertiary/aromatic N) is 3. The van der Waals surface area contributed by atoms with Gasteiger partial charge in [0.15, 0.2) is 0 Å². The molecule has 2 heterocycles. The SMILES string of the molecule is N#CC1(c2ncncc2Br)CCCS1. The summed E-state index contributed by atoms with van der Waals surface area (Å²) in [6.45, 7) is 0. The Morgan fingerprint density at radius 3 is 3.07 bits per heavy atom. The molecule has 1 aromatic rings. The van der Waals surface area contributed by atoms with Crippen LogP contribution in [0.2, 0.25) is 0 Å². The summed E-state index contributed by atoms with van der Waals surface area (Å²) in [5.74, 6) is 1.03. The van der Waals surface area contributed by atoms with Gasteiger partial charge in [-0.1, -0.05) is 0 Å². The third-order valence-electron chi connectivity index (χ3n) is 2.25. The molecule has 0 aromatic carbocycles. The zero-order valence-electron chi connectivity index (χ0n) is 7.40. The minimum absolute atomic E-state index is 0.457. The first-order chi connectivity index (χ1) is 6.78. The van der Waals surface area contributed by atoms with Crippen molar-refractivity contribution in [3.63, 3.8) is 0 Å². The summed E-state index contributed by atoms with van der Waals surface area (Å²) in [6.07, 6.45) is 5.15. The number of hydrogen-bond donors (Lipinski definition) is 0. The normalized spacial score (nSPS) is 26.0. The summed E-state index contributed by atoms with van der Waals surface area (Å²) in [7, 11) is 0. The summed E-state index contributed by atoms with van der Waals surface area (Å²) in [5, 5.41) is 9.24. The summed E-state index contributed by atoms with van der Waals surface area (Å²) in [6, 6.07) is 2.38. The quantitative estimate of drug-likeness (QED) is 0.786. The van der Waals surface area contributed by atoms with E-state index in [1.54, 1.807) is 18.0 Å². The van der Waals surface area contributed by atoms with Gasteiger partial charge in [-0.3, -0.25) is 0 Å². The van der Waals surface area contributed by atoms with Gasteiger partial charge in [0.2, 0.25) is 0 Å². The predicted molar refractivity (Wildman–Crippen MR) is 58.7 cm³/mol. The van der Waals surface area contributed by atoms with E-state index in [-0.39, 0.29) is 0 Å². The van der Waals surface area contributed by atoms with Crippen molar-refractivity contribution in [1.82, 2.24) is 9.97 Å². The number of rotatable bonds is 1. The van der Waals surface area contributed by atoms with Crippen molar-refractivity contribution >= 4 is 27.7 Å². The molecule has 0 aliphatic carbocycles. The van der Waals surface area contributed by atoms with Crippen LogP contribution in [0, 0.1) is 11.3 Å². The molecule has 3 nitrogen and oxygen atoms in total. The predicted octanol–water partition coefficient (Wildman–Crippen LogP) is 2.48. The van der Waals surface area contributed by atoms with Crippen LogP contribution in [0.5, 0.6) is 0 Å². The molecule has 1 fully saturated rings. The van der Waals surface area contributed by atoms with E-state index in [1.807, 2.05) is 0 Å². The molecule has 0 saturated carbocycles. The van der Waals surface area contributed by atoms with Gasteiger partial charge in [0.05, 0.1) is 16.2 Å². The third kappa shape index (κ3) is 1.53. The first kappa shape index (κ1) is 9.94. The van der Waals surface area contributed by atoms with Gasteiger partial charge in [-0.25, -0.2) is 9.97 Å². The van der Waals surface area contributed by atoms with Gasteiger partial charge < -0.3 is 0 Å². The largest absolute Gasteiger partial charge is 0.244 e. The molecule has 0 bridgehead atoms. The first-order valence-electron chi connectivity index (χ1n) is 4.30. The van der Waals surface area contributed by atoms with Crippen molar-refractivity contribution in [3.8, 4) is 6.07 Å². The van der Waals surface area contributed by atoms with E-state index in [4.69, 9.17) is 0 Å². The molecule has 1 aliphatic heterocycles. The molecule has 1 aromatic heterocycles. The summed E-state index contributed by atoms with van der Waals surface area (Å²) >= 11 is 5.07. The van der Waals surface area contributed by atoms with E-state index < -0.39 is 4.75 Å². The Morgan fingerprint density at radius 1 is 1.64 bits per heavy atom. The van der Waals surface area contributed by atoms with Crippen LogP contribution >= 0.6 is 27.7 Å². The zero-order valence-corrected chi connectivity index (χ0v) is 9.81. The third-order valence-corrected chi connectivity index (χ3v) is 4.31. The Balaban J connectivity index is 2.47. The molecule has 14 heavy (non-hydrogen) atoms. The second kappa shape index (κ2) is 3.87. The molecule has 2 rings (SSSR count). The molecule has 72 valence electrons. The molecule has 1 unspecified atom stereocenters. The molecule has 5 heteroatoms. The highest BCUT2D eigenvalue weighted by Crippen LogP contribution is 2.47. The molecular formula is C9H8BrN3S. The van der Waals surface area contributed by atoms with Crippen LogP contribution in [0.4, 0.5) is 0 Å². The van der Waals surface area contributed by atoms with Gasteiger partial charge in [-0.15, -0.1) is 11.8 Å². The maximum Gasteiger partial charge on any atom is 0.146 e. The molecular weight excluding hydrogens is 262 g/mol. The highest BCUT2D eigenvalue weighted by atomic mass is 79.9. The van der Waals surface area contributed by atoms with Gasteiger partial charge >= 0.3 is 0 Å². The van der Waals surface area contributed by atoms with Crippen molar-refractivity contribution < 1.29 is 0 Å². The van der Waals surface area contributed by atoms with E-state index in [0.29, 0.717) is 0 Å². The number of hydrogen-bond acceptors (Lipinski definition) is 4. The molecule has 0 N–H and O–H groups in total. The van der Waals surface area contributed by atoms with Crippen LogP contribution in [0.15, 0.2) is 17.0 Å². The summed E-state index contributed by atoms with van der Waals surface area (Å²) in [5.41, 5.74) is 0.817. The lowest BCUT2D eigenvalue weighted by Gasteiger charge is -2.19. The van der Waals surface area contributed by atoms with Crippen LogP contribution in [0.3, 0.4) is 0 Å². The number of nitriles is 1. The smallest absolute Gasteiger partial charge is 0.146 e. The van der Waals surface area contributed by atoms with Crippen molar-refractivity contribution in [3.05, 3.63) is 22.7 Å². The second-order valence-corrected chi connectivity index (χ2v) is 5.36. The fourth-order valence-corrected chi connectivity index (χ4v) is 3.56. The van der Waals surface area contributed by atoms with E-state index >= 15 is 0 Å². The lowest BCUT2D eigenvalue weighted by molar-refractivity contribution is 0.691. The molecule has 0 radical (unpaired) electrons. The maximum atomic E-state index is 9.24. The number of thioether (sulfide) groups is 1. The lowest BCUT2D eigenvalue weighted by atomic mass is 10.0. The van der Waals surface area contributed by atoms with Crippen molar-refractivity contribution in [1.29, 1.82) is 5.26 Å². The van der Waals surface area contributed by atoms with Gasteiger partial charge in [0.25, 0.3) is 0 Å². The fourth-order valence-electron chi connectivity index (χ4n) is 1.58. The monoisotopic (exact) mass is 269 g/mol. The van der Waals surface area contributed by atoms with Gasteiger partial charge in [0.1, 0.15) is 11.1 Å². The van der Waals surface area contributed by atoms with Crippen LogP contribution in [-0.2, 0) is 4.75 Å². The summed E-state index contributed by atoms with van der Waals surface area (Å²) in [4.78, 5) is 8.11. The Hall–Kier alpha value is -0.600. The minimum Gasteiger partial charge on any atom is -0.244 e. The Morgan fingerprint density at radius 2 is 2.50 bits per heavy atom. The van der Waals surface area contributed by atoms with Crippen molar-refractivity contribution in [2.75, 3.05) is 5.75 Å². The lowest BCUT2D eigenvalue weighted by Crippen LogP contribution is -2.18. The molecule has 1 aliphatic rings. The first-order valence-corrected chi connectivity index (χ1v) is 6.07. The standard InChI is InChI=1S/C9H8BrN3S/c10-7-4-12-6-13-8(7)9(5-11)2-1-3-14-9/h4,6H,1-3H2. The Kier molecular flexibility index (Phi) is 2.75. The summed E-state index contributed by atoms with van der Waals surface area (Å²) < 4.78 is 0.373. The highest BCUT2D eigenvalue weighted by Gasteiger charge is 2.39. The van der Waals surface area contributed by atoms with E-state index in [2.05, 4.69) is 32.0 Å². The van der Waals surface area contributed by atoms with Gasteiger partial charge in [-0.2, -0.15) is 5.26 Å². The average molecular weight is 270 g/mol. The van der Waals surface area contributed by atoms with Gasteiger partial charge in [0, 0.05) is 6.20 Å². The second-order valence-electron chi connectivity index (χ2n) is 3.11. The maximum absolute atomic E-state index is 9.24. The zero-order chi connectivity index (χ0) is 10.0. The van der Waals surface area contributed by atoms with Crippen LogP contribution in [-0.4, -0.2) is 15.7 Å². The average Bonchev–Trinajstić information content (AvgIpc) is 2.68. The Bertz CT molecular complexity index is 382. The topological polar surface area (TPSA) is 49.6 Å². The Labute approximate surface area is 95.1 Å². The molecule has 0 amide bonds.